The predicted octanol–water partition coefficient (Wildman–Crippen LogP) is 2.12. The molecule has 1 unspecified atom stereocenters. The number of benzene rings is 1. The van der Waals surface area contributed by atoms with Gasteiger partial charge in [0.25, 0.3) is 0 Å². The van der Waals surface area contributed by atoms with Crippen molar-refractivity contribution in [3.05, 3.63) is 34.6 Å². The molecule has 78 valence electrons. The molecule has 0 amide bonds. The van der Waals surface area contributed by atoms with Crippen molar-refractivity contribution in [2.75, 3.05) is 13.1 Å². The largest absolute Gasteiger partial charge is 0.387 e. The van der Waals surface area contributed by atoms with Crippen LogP contribution in [0.4, 0.5) is 4.39 Å². The Morgan fingerprint density at radius 3 is 2.79 bits per heavy atom. The number of aliphatic hydroxyl groups is 1. The van der Waals surface area contributed by atoms with Gasteiger partial charge in [-0.1, -0.05) is 18.5 Å². The molecule has 0 saturated heterocycles. The van der Waals surface area contributed by atoms with Gasteiger partial charge in [-0.3, -0.25) is 0 Å². The molecule has 0 fully saturated rings. The van der Waals surface area contributed by atoms with Crippen LogP contribution < -0.4 is 5.32 Å². The SMILES string of the molecule is CCNCC(O)c1cc(F)cc(Cl)c1. The van der Waals surface area contributed by atoms with Crippen molar-refractivity contribution in [3.63, 3.8) is 0 Å². The first-order valence-electron chi connectivity index (χ1n) is 4.48. The second kappa shape index (κ2) is 5.29. The Morgan fingerprint density at radius 2 is 2.21 bits per heavy atom. The van der Waals surface area contributed by atoms with Gasteiger partial charge in [0.1, 0.15) is 5.82 Å². The summed E-state index contributed by atoms with van der Waals surface area (Å²) in [7, 11) is 0. The summed E-state index contributed by atoms with van der Waals surface area (Å²) < 4.78 is 12.9. The van der Waals surface area contributed by atoms with Crippen LogP contribution >= 0.6 is 11.6 Å². The molecule has 2 nitrogen and oxygen atoms in total. The van der Waals surface area contributed by atoms with E-state index >= 15 is 0 Å². The zero-order valence-electron chi connectivity index (χ0n) is 7.93. The Labute approximate surface area is 87.7 Å². The van der Waals surface area contributed by atoms with Crippen molar-refractivity contribution in [1.29, 1.82) is 0 Å². The number of hydrogen-bond donors (Lipinski definition) is 2. The smallest absolute Gasteiger partial charge is 0.125 e. The zero-order chi connectivity index (χ0) is 10.6. The molecule has 0 saturated carbocycles. The first-order chi connectivity index (χ1) is 6.63. The topological polar surface area (TPSA) is 32.3 Å². The molecule has 0 spiro atoms. The van der Waals surface area contributed by atoms with Crippen LogP contribution in [0, 0.1) is 5.82 Å². The molecule has 4 heteroatoms. The number of halogens is 2. The van der Waals surface area contributed by atoms with Crippen LogP contribution in [0.5, 0.6) is 0 Å². The van der Waals surface area contributed by atoms with Crippen LogP contribution in [0.3, 0.4) is 0 Å². The summed E-state index contributed by atoms with van der Waals surface area (Å²) in [4.78, 5) is 0. The molecule has 0 radical (unpaired) electrons. The van der Waals surface area contributed by atoms with Gasteiger partial charge >= 0.3 is 0 Å². The average Bonchev–Trinajstić information content (AvgIpc) is 2.12. The molecule has 0 aromatic heterocycles. The maximum atomic E-state index is 12.9. The summed E-state index contributed by atoms with van der Waals surface area (Å²) >= 11 is 5.66. The molecule has 1 aromatic carbocycles. The lowest BCUT2D eigenvalue weighted by atomic mass is 10.1. The predicted molar refractivity (Wildman–Crippen MR) is 54.9 cm³/mol. The number of likely N-dealkylation sites (N-methyl/N-ethyl adjacent to an activating group) is 1. The fourth-order valence-electron chi connectivity index (χ4n) is 1.17. The molecule has 0 heterocycles. The first-order valence-corrected chi connectivity index (χ1v) is 4.86. The third kappa shape index (κ3) is 3.25. The number of rotatable bonds is 4. The van der Waals surface area contributed by atoms with E-state index in [1.807, 2.05) is 6.92 Å². The standard InChI is InChI=1S/C10H13ClFNO/c1-2-13-6-10(14)7-3-8(11)5-9(12)4-7/h3-5,10,13-14H,2,6H2,1H3. The van der Waals surface area contributed by atoms with Gasteiger partial charge in [-0.2, -0.15) is 0 Å². The van der Waals surface area contributed by atoms with Gasteiger partial charge in [-0.05, 0) is 30.3 Å². The summed E-state index contributed by atoms with van der Waals surface area (Å²) in [6.07, 6.45) is -0.719. The summed E-state index contributed by atoms with van der Waals surface area (Å²) in [6.45, 7) is 3.10. The fraction of sp³-hybridized carbons (Fsp3) is 0.400. The van der Waals surface area contributed by atoms with Gasteiger partial charge in [0.2, 0.25) is 0 Å². The highest BCUT2D eigenvalue weighted by Crippen LogP contribution is 2.19. The van der Waals surface area contributed by atoms with Gasteiger partial charge in [-0.25, -0.2) is 4.39 Å². The van der Waals surface area contributed by atoms with E-state index in [1.165, 1.54) is 12.1 Å². The number of aliphatic hydroxyl groups excluding tert-OH is 1. The van der Waals surface area contributed by atoms with Crippen molar-refractivity contribution in [2.24, 2.45) is 0 Å². The Balaban J connectivity index is 2.73. The quantitative estimate of drug-likeness (QED) is 0.810. The molecule has 0 bridgehead atoms. The zero-order valence-corrected chi connectivity index (χ0v) is 8.68. The minimum absolute atomic E-state index is 0.301. The van der Waals surface area contributed by atoms with Crippen molar-refractivity contribution < 1.29 is 9.50 Å². The van der Waals surface area contributed by atoms with Crippen LogP contribution in [0.2, 0.25) is 5.02 Å². The maximum absolute atomic E-state index is 12.9. The molecule has 0 aliphatic heterocycles. The van der Waals surface area contributed by atoms with Crippen LogP contribution in [-0.2, 0) is 0 Å². The highest BCUT2D eigenvalue weighted by molar-refractivity contribution is 6.30. The van der Waals surface area contributed by atoms with E-state index in [1.54, 1.807) is 6.07 Å². The average molecular weight is 218 g/mol. The summed E-state index contributed by atoms with van der Waals surface area (Å²) in [6, 6.07) is 4.06. The normalized spacial score (nSPS) is 12.9. The monoisotopic (exact) mass is 217 g/mol. The second-order valence-electron chi connectivity index (χ2n) is 3.03. The van der Waals surface area contributed by atoms with E-state index in [0.717, 1.165) is 6.54 Å². The molecule has 0 aliphatic rings. The Kier molecular flexibility index (Phi) is 4.32. The molecule has 1 rings (SSSR count). The molecule has 1 aromatic rings. The number of hydrogen-bond acceptors (Lipinski definition) is 2. The molecule has 0 aliphatic carbocycles. The maximum Gasteiger partial charge on any atom is 0.125 e. The highest BCUT2D eigenvalue weighted by atomic mass is 35.5. The van der Waals surface area contributed by atoms with Crippen LogP contribution in [-0.4, -0.2) is 18.2 Å². The Hall–Kier alpha value is -0.640. The molecular weight excluding hydrogens is 205 g/mol. The molecular formula is C10H13ClFNO. The van der Waals surface area contributed by atoms with E-state index in [-0.39, 0.29) is 0 Å². The van der Waals surface area contributed by atoms with E-state index in [0.29, 0.717) is 17.1 Å². The van der Waals surface area contributed by atoms with Gasteiger partial charge in [0.15, 0.2) is 0 Å². The summed E-state index contributed by atoms with van der Waals surface area (Å²) in [5.41, 5.74) is 0.496. The lowest BCUT2D eigenvalue weighted by Gasteiger charge is -2.11. The minimum atomic E-state index is -0.719. The van der Waals surface area contributed by atoms with Gasteiger partial charge in [-0.15, -0.1) is 0 Å². The van der Waals surface area contributed by atoms with Crippen LogP contribution in [0.1, 0.15) is 18.6 Å². The van der Waals surface area contributed by atoms with E-state index < -0.39 is 11.9 Å². The van der Waals surface area contributed by atoms with Crippen LogP contribution in [0.15, 0.2) is 18.2 Å². The highest BCUT2D eigenvalue weighted by Gasteiger charge is 2.08. The van der Waals surface area contributed by atoms with Gasteiger partial charge < -0.3 is 10.4 Å². The third-order valence-electron chi connectivity index (χ3n) is 1.86. The fourth-order valence-corrected chi connectivity index (χ4v) is 1.40. The van der Waals surface area contributed by atoms with Crippen molar-refractivity contribution in [2.45, 2.75) is 13.0 Å². The second-order valence-corrected chi connectivity index (χ2v) is 3.46. The Morgan fingerprint density at radius 1 is 1.50 bits per heavy atom. The molecule has 2 N–H and O–H groups in total. The van der Waals surface area contributed by atoms with E-state index in [9.17, 15) is 9.50 Å². The lowest BCUT2D eigenvalue weighted by molar-refractivity contribution is 0.175. The molecule has 14 heavy (non-hydrogen) atoms. The minimum Gasteiger partial charge on any atom is -0.387 e. The first kappa shape index (κ1) is 11.4. The van der Waals surface area contributed by atoms with Crippen LogP contribution in [0.25, 0.3) is 0 Å². The number of nitrogens with one attached hydrogen (secondary N) is 1. The van der Waals surface area contributed by atoms with Crippen molar-refractivity contribution >= 4 is 11.6 Å². The Bertz CT molecular complexity index is 286. The lowest BCUT2D eigenvalue weighted by Crippen LogP contribution is -2.20. The third-order valence-corrected chi connectivity index (χ3v) is 2.08. The van der Waals surface area contributed by atoms with Crippen molar-refractivity contribution in [1.82, 2.24) is 5.32 Å². The summed E-state index contributed by atoms with van der Waals surface area (Å²) in [5.74, 6) is -0.428. The van der Waals surface area contributed by atoms with Gasteiger partial charge in [0, 0.05) is 11.6 Å². The molecule has 1 atom stereocenters. The van der Waals surface area contributed by atoms with E-state index in [4.69, 9.17) is 11.6 Å². The van der Waals surface area contributed by atoms with Gasteiger partial charge in [0.05, 0.1) is 6.10 Å². The van der Waals surface area contributed by atoms with Crippen molar-refractivity contribution in [3.8, 4) is 0 Å². The summed E-state index contributed by atoms with van der Waals surface area (Å²) in [5, 5.41) is 12.9. The van der Waals surface area contributed by atoms with E-state index in [2.05, 4.69) is 5.32 Å².